The number of carboxylic acid groups (broad SMARTS) is 1. The van der Waals surface area contributed by atoms with Crippen molar-refractivity contribution in [1.82, 2.24) is 4.90 Å². The molecule has 0 saturated carbocycles. The largest absolute Gasteiger partial charge is 0.478 e. The highest BCUT2D eigenvalue weighted by atomic mass is 35.5. The summed E-state index contributed by atoms with van der Waals surface area (Å²) in [5.74, 6) is -1.33. The second-order valence-corrected chi connectivity index (χ2v) is 10.1. The average molecular weight is 520 g/mol. The number of carboxylic acids is 1. The fourth-order valence-corrected chi connectivity index (χ4v) is 5.61. The van der Waals surface area contributed by atoms with Gasteiger partial charge in [-0.25, -0.2) is 9.18 Å². The first kappa shape index (κ1) is 25.4. The average Bonchev–Trinajstić information content (AvgIpc) is 3.04. The monoisotopic (exact) mass is 519 g/mol. The third kappa shape index (κ3) is 5.39. The molecule has 1 aliphatic carbocycles. The molecule has 1 fully saturated rings. The van der Waals surface area contributed by atoms with Crippen molar-refractivity contribution < 1.29 is 18.7 Å². The van der Waals surface area contributed by atoms with Crippen LogP contribution in [0.5, 0.6) is 0 Å². The van der Waals surface area contributed by atoms with E-state index in [4.69, 9.17) is 11.6 Å². The molecule has 1 heterocycles. The number of likely N-dealkylation sites (tertiary alicyclic amines) is 1. The number of halogens is 3. The summed E-state index contributed by atoms with van der Waals surface area (Å²) in [4.78, 5) is 13.8. The molecule has 0 unspecified atom stereocenters. The van der Waals surface area contributed by atoms with E-state index in [-0.39, 0.29) is 18.1 Å². The van der Waals surface area contributed by atoms with Crippen molar-refractivity contribution in [3.05, 3.63) is 110 Å². The van der Waals surface area contributed by atoms with Gasteiger partial charge in [0, 0.05) is 25.2 Å². The van der Waals surface area contributed by atoms with E-state index in [9.17, 15) is 14.3 Å². The number of rotatable bonds is 7. The smallest absolute Gasteiger partial charge is 0.335 e. The van der Waals surface area contributed by atoms with Gasteiger partial charge in [-0.05, 0) is 88.9 Å². The first-order valence-corrected chi connectivity index (χ1v) is 12.9. The summed E-state index contributed by atoms with van der Waals surface area (Å²) in [7, 11) is 0. The Kier molecular flexibility index (Phi) is 7.54. The highest BCUT2D eigenvalue weighted by molar-refractivity contribution is 6.32. The van der Waals surface area contributed by atoms with E-state index in [0.29, 0.717) is 29.8 Å². The lowest BCUT2D eigenvalue weighted by Gasteiger charge is -2.33. The predicted molar refractivity (Wildman–Crippen MR) is 145 cm³/mol. The van der Waals surface area contributed by atoms with Gasteiger partial charge in [-0.15, -0.1) is 0 Å². The number of nitrogens with zero attached hydrogens (tertiary/aromatic N) is 1. The molecule has 1 aliphatic heterocycles. The van der Waals surface area contributed by atoms with Crippen LogP contribution in [0.3, 0.4) is 0 Å². The summed E-state index contributed by atoms with van der Waals surface area (Å²) >= 11 is 6.53. The van der Waals surface area contributed by atoms with Gasteiger partial charge in [-0.1, -0.05) is 54.1 Å². The van der Waals surface area contributed by atoms with Crippen LogP contribution in [0.25, 0.3) is 17.2 Å². The van der Waals surface area contributed by atoms with Crippen LogP contribution in [-0.4, -0.2) is 42.3 Å². The van der Waals surface area contributed by atoms with Gasteiger partial charge in [0.1, 0.15) is 5.82 Å². The van der Waals surface area contributed by atoms with Crippen molar-refractivity contribution in [1.29, 1.82) is 0 Å². The lowest BCUT2D eigenvalue weighted by atomic mass is 9.86. The minimum Gasteiger partial charge on any atom is -0.478 e. The number of benzene rings is 3. The summed E-state index contributed by atoms with van der Waals surface area (Å²) in [5.41, 5.74) is 7.53. The molecule has 3 aromatic carbocycles. The molecule has 0 radical (unpaired) electrons. The first-order chi connectivity index (χ1) is 17.9. The molecule has 1 N–H and O–H groups in total. The van der Waals surface area contributed by atoms with Gasteiger partial charge < -0.3 is 5.11 Å². The van der Waals surface area contributed by atoms with Crippen molar-refractivity contribution in [2.75, 3.05) is 26.3 Å². The molecule has 6 heteroatoms. The molecule has 0 amide bonds. The van der Waals surface area contributed by atoms with Crippen LogP contribution < -0.4 is 0 Å². The standard InChI is InChI=1S/C31H28ClF2NO2/c32-27-6-2-7-28(34)30(27)26-5-1-4-23-17-24(31(36)37)12-13-25(23)29(26)22-10-8-20(9-11-22)16-21-18-35(19-21)15-3-14-33/h2,6-13,16-17H,1,3-5,14-15,18-19H2,(H,36,37). The molecule has 5 rings (SSSR count). The number of alkyl halides is 1. The van der Waals surface area contributed by atoms with Gasteiger partial charge in [0.25, 0.3) is 0 Å². The third-order valence-corrected chi connectivity index (χ3v) is 7.41. The van der Waals surface area contributed by atoms with E-state index in [1.54, 1.807) is 24.3 Å². The van der Waals surface area contributed by atoms with Crippen LogP contribution in [0.1, 0.15) is 57.4 Å². The topological polar surface area (TPSA) is 40.5 Å². The SMILES string of the molecule is O=C(O)c1ccc2c(c1)CCCC(c1c(F)cccc1Cl)=C2c1ccc(C=C2CN(CCCF)C2)cc1. The Morgan fingerprint density at radius 1 is 1.05 bits per heavy atom. The third-order valence-electron chi connectivity index (χ3n) is 7.09. The Labute approximate surface area is 220 Å². The Balaban J connectivity index is 1.57. The maximum Gasteiger partial charge on any atom is 0.335 e. The summed E-state index contributed by atoms with van der Waals surface area (Å²) in [6.07, 6.45) is 4.80. The van der Waals surface area contributed by atoms with Crippen LogP contribution in [0.2, 0.25) is 5.02 Å². The van der Waals surface area contributed by atoms with Gasteiger partial charge >= 0.3 is 5.97 Å². The second-order valence-electron chi connectivity index (χ2n) is 9.66. The van der Waals surface area contributed by atoms with Crippen LogP contribution in [-0.2, 0) is 6.42 Å². The fraction of sp³-hybridized carbons (Fsp3) is 0.258. The summed E-state index contributed by atoms with van der Waals surface area (Å²) in [6, 6.07) is 18.1. The van der Waals surface area contributed by atoms with E-state index in [2.05, 4.69) is 23.1 Å². The zero-order valence-corrected chi connectivity index (χ0v) is 21.2. The normalized spacial score (nSPS) is 15.7. The number of hydrogen-bond donors (Lipinski definition) is 1. The molecule has 0 spiro atoms. The molecule has 0 aromatic heterocycles. The molecule has 190 valence electrons. The second kappa shape index (κ2) is 11.0. The molecular formula is C31H28ClF2NO2. The predicted octanol–water partition coefficient (Wildman–Crippen LogP) is 7.53. The maximum absolute atomic E-state index is 15.1. The van der Waals surface area contributed by atoms with Crippen LogP contribution >= 0.6 is 11.6 Å². The van der Waals surface area contributed by atoms with E-state index in [1.165, 1.54) is 11.6 Å². The molecule has 0 bridgehead atoms. The number of aryl methyl sites for hydroxylation is 1. The summed E-state index contributed by atoms with van der Waals surface area (Å²) < 4.78 is 27.5. The van der Waals surface area contributed by atoms with Crippen LogP contribution in [0.15, 0.2) is 66.2 Å². The Hall–Kier alpha value is -3.28. The van der Waals surface area contributed by atoms with Crippen molar-refractivity contribution in [3.63, 3.8) is 0 Å². The molecule has 3 nitrogen and oxygen atoms in total. The molecule has 3 aromatic rings. The van der Waals surface area contributed by atoms with Crippen LogP contribution in [0.4, 0.5) is 8.78 Å². The van der Waals surface area contributed by atoms with E-state index in [0.717, 1.165) is 59.5 Å². The van der Waals surface area contributed by atoms with Gasteiger partial charge in [-0.3, -0.25) is 9.29 Å². The number of fused-ring (bicyclic) bond motifs is 1. The zero-order chi connectivity index (χ0) is 25.9. The quantitative estimate of drug-likeness (QED) is 0.350. The Bertz CT molecular complexity index is 1370. The lowest BCUT2D eigenvalue weighted by Crippen LogP contribution is -2.40. The number of aromatic carboxylic acids is 1. The van der Waals surface area contributed by atoms with Crippen molar-refractivity contribution in [3.8, 4) is 0 Å². The summed E-state index contributed by atoms with van der Waals surface area (Å²) in [5, 5.41) is 9.89. The highest BCUT2D eigenvalue weighted by Crippen LogP contribution is 2.42. The fourth-order valence-electron chi connectivity index (χ4n) is 5.33. The van der Waals surface area contributed by atoms with Gasteiger partial charge in [0.2, 0.25) is 0 Å². The molecule has 37 heavy (non-hydrogen) atoms. The Morgan fingerprint density at radius 2 is 1.84 bits per heavy atom. The highest BCUT2D eigenvalue weighted by Gasteiger charge is 2.24. The van der Waals surface area contributed by atoms with Gasteiger partial charge in [0.15, 0.2) is 0 Å². The molecular weight excluding hydrogens is 492 g/mol. The van der Waals surface area contributed by atoms with E-state index < -0.39 is 5.97 Å². The molecule has 1 saturated heterocycles. The number of hydrogen-bond acceptors (Lipinski definition) is 2. The number of carbonyl (C=O) groups is 1. The molecule has 0 atom stereocenters. The molecule has 2 aliphatic rings. The van der Waals surface area contributed by atoms with Crippen molar-refractivity contribution >= 4 is 34.8 Å². The van der Waals surface area contributed by atoms with Crippen molar-refractivity contribution in [2.24, 2.45) is 0 Å². The zero-order valence-electron chi connectivity index (χ0n) is 20.4. The van der Waals surface area contributed by atoms with Crippen LogP contribution in [0, 0.1) is 5.82 Å². The minimum atomic E-state index is -0.966. The minimum absolute atomic E-state index is 0.244. The lowest BCUT2D eigenvalue weighted by molar-refractivity contribution is 0.0696. The van der Waals surface area contributed by atoms with Gasteiger partial charge in [-0.2, -0.15) is 0 Å². The first-order valence-electron chi connectivity index (χ1n) is 12.6. The van der Waals surface area contributed by atoms with Crippen molar-refractivity contribution in [2.45, 2.75) is 25.7 Å². The Morgan fingerprint density at radius 3 is 2.54 bits per heavy atom. The summed E-state index contributed by atoms with van der Waals surface area (Å²) in [6.45, 7) is 2.23. The number of allylic oxidation sites excluding steroid dienone is 1. The maximum atomic E-state index is 15.1. The van der Waals surface area contributed by atoms with E-state index >= 15 is 4.39 Å². The van der Waals surface area contributed by atoms with E-state index in [1.807, 2.05) is 18.2 Å². The van der Waals surface area contributed by atoms with Gasteiger partial charge in [0.05, 0.1) is 17.3 Å².